The van der Waals surface area contributed by atoms with Gasteiger partial charge in [0, 0.05) is 32.7 Å². The fourth-order valence-corrected chi connectivity index (χ4v) is 1.87. The fraction of sp³-hybridized carbons (Fsp3) is 0.909. The molecule has 0 aromatic carbocycles. The van der Waals surface area contributed by atoms with Crippen molar-refractivity contribution in [2.45, 2.75) is 32.8 Å². The van der Waals surface area contributed by atoms with E-state index in [1.807, 2.05) is 6.92 Å². The first-order chi connectivity index (χ1) is 7.19. The van der Waals surface area contributed by atoms with E-state index < -0.39 is 0 Å². The Labute approximate surface area is 92.0 Å². The predicted molar refractivity (Wildman–Crippen MR) is 59.8 cm³/mol. The van der Waals surface area contributed by atoms with E-state index in [0.717, 1.165) is 32.5 Å². The summed E-state index contributed by atoms with van der Waals surface area (Å²) in [7, 11) is 1.80. The molecule has 1 saturated heterocycles. The SMILES string of the molecule is CCC1OCCC1CNC(=O)N(C)CC. The smallest absolute Gasteiger partial charge is 0.317 e. The van der Waals surface area contributed by atoms with Gasteiger partial charge in [-0.1, -0.05) is 6.92 Å². The van der Waals surface area contributed by atoms with Crippen molar-refractivity contribution in [2.75, 3.05) is 26.7 Å². The Morgan fingerprint density at radius 1 is 1.53 bits per heavy atom. The van der Waals surface area contributed by atoms with E-state index in [1.54, 1.807) is 11.9 Å². The van der Waals surface area contributed by atoms with E-state index in [2.05, 4.69) is 12.2 Å². The number of hydrogen-bond acceptors (Lipinski definition) is 2. The van der Waals surface area contributed by atoms with Gasteiger partial charge in [-0.2, -0.15) is 0 Å². The van der Waals surface area contributed by atoms with Gasteiger partial charge in [0.25, 0.3) is 0 Å². The van der Waals surface area contributed by atoms with Crippen molar-refractivity contribution in [2.24, 2.45) is 5.92 Å². The number of carbonyl (C=O) groups excluding carboxylic acids is 1. The molecule has 4 heteroatoms. The van der Waals surface area contributed by atoms with Crippen molar-refractivity contribution in [3.63, 3.8) is 0 Å². The summed E-state index contributed by atoms with van der Waals surface area (Å²) in [6, 6.07) is 0.0132. The van der Waals surface area contributed by atoms with Crippen molar-refractivity contribution in [3.8, 4) is 0 Å². The third-order valence-corrected chi connectivity index (χ3v) is 3.09. The first-order valence-electron chi connectivity index (χ1n) is 5.79. The maximum absolute atomic E-state index is 11.5. The second-order valence-corrected chi connectivity index (χ2v) is 4.07. The zero-order valence-corrected chi connectivity index (χ0v) is 9.95. The zero-order chi connectivity index (χ0) is 11.3. The first-order valence-corrected chi connectivity index (χ1v) is 5.79. The van der Waals surface area contributed by atoms with Gasteiger partial charge >= 0.3 is 6.03 Å². The van der Waals surface area contributed by atoms with Crippen LogP contribution in [0.25, 0.3) is 0 Å². The topological polar surface area (TPSA) is 41.6 Å². The molecular weight excluding hydrogens is 192 g/mol. The van der Waals surface area contributed by atoms with Gasteiger partial charge in [0.05, 0.1) is 6.10 Å². The van der Waals surface area contributed by atoms with Gasteiger partial charge in [-0.3, -0.25) is 0 Å². The maximum atomic E-state index is 11.5. The van der Waals surface area contributed by atoms with Crippen LogP contribution in [-0.4, -0.2) is 43.8 Å². The summed E-state index contributed by atoms with van der Waals surface area (Å²) in [5, 5.41) is 2.95. The monoisotopic (exact) mass is 214 g/mol. The lowest BCUT2D eigenvalue weighted by molar-refractivity contribution is 0.0874. The van der Waals surface area contributed by atoms with Gasteiger partial charge in [0.1, 0.15) is 0 Å². The lowest BCUT2D eigenvalue weighted by atomic mass is 10.00. The molecule has 1 heterocycles. The molecule has 4 nitrogen and oxygen atoms in total. The number of nitrogens with one attached hydrogen (secondary N) is 1. The Morgan fingerprint density at radius 3 is 2.87 bits per heavy atom. The van der Waals surface area contributed by atoms with Gasteiger partial charge in [-0.15, -0.1) is 0 Å². The van der Waals surface area contributed by atoms with E-state index >= 15 is 0 Å². The van der Waals surface area contributed by atoms with Gasteiger partial charge < -0.3 is 15.0 Å². The zero-order valence-electron chi connectivity index (χ0n) is 9.95. The van der Waals surface area contributed by atoms with E-state index in [-0.39, 0.29) is 6.03 Å². The summed E-state index contributed by atoms with van der Waals surface area (Å²) in [4.78, 5) is 13.2. The minimum absolute atomic E-state index is 0.0132. The van der Waals surface area contributed by atoms with E-state index in [4.69, 9.17) is 4.74 Å². The normalized spacial score (nSPS) is 25.3. The minimum atomic E-state index is 0.0132. The number of urea groups is 1. The predicted octanol–water partition coefficient (Wildman–Crippen LogP) is 1.46. The first kappa shape index (κ1) is 12.3. The van der Waals surface area contributed by atoms with Gasteiger partial charge in [-0.25, -0.2) is 4.79 Å². The highest BCUT2D eigenvalue weighted by atomic mass is 16.5. The summed E-state index contributed by atoms with van der Waals surface area (Å²) < 4.78 is 5.57. The van der Waals surface area contributed by atoms with Crippen LogP contribution < -0.4 is 5.32 Å². The van der Waals surface area contributed by atoms with E-state index in [1.165, 1.54) is 0 Å². The van der Waals surface area contributed by atoms with Crippen molar-refractivity contribution < 1.29 is 9.53 Å². The number of amides is 2. The molecule has 2 unspecified atom stereocenters. The molecule has 1 aliphatic heterocycles. The lowest BCUT2D eigenvalue weighted by Gasteiger charge is -2.20. The van der Waals surface area contributed by atoms with Crippen LogP contribution in [0.15, 0.2) is 0 Å². The molecule has 1 rings (SSSR count). The van der Waals surface area contributed by atoms with Gasteiger partial charge in [0.2, 0.25) is 0 Å². The van der Waals surface area contributed by atoms with Crippen LogP contribution in [0.3, 0.4) is 0 Å². The highest BCUT2D eigenvalue weighted by molar-refractivity contribution is 5.73. The summed E-state index contributed by atoms with van der Waals surface area (Å²) in [6.07, 6.45) is 2.43. The number of carbonyl (C=O) groups is 1. The molecule has 2 atom stereocenters. The molecule has 0 spiro atoms. The number of rotatable bonds is 4. The number of nitrogens with zero attached hydrogens (tertiary/aromatic N) is 1. The Morgan fingerprint density at radius 2 is 2.27 bits per heavy atom. The molecule has 2 amide bonds. The average molecular weight is 214 g/mol. The molecule has 0 bridgehead atoms. The third kappa shape index (κ3) is 3.38. The second-order valence-electron chi connectivity index (χ2n) is 4.07. The minimum Gasteiger partial charge on any atom is -0.378 e. The second kappa shape index (κ2) is 5.95. The third-order valence-electron chi connectivity index (χ3n) is 3.09. The Balaban J connectivity index is 2.27. The van der Waals surface area contributed by atoms with Crippen molar-refractivity contribution >= 4 is 6.03 Å². The lowest BCUT2D eigenvalue weighted by Crippen LogP contribution is -2.40. The van der Waals surface area contributed by atoms with Crippen LogP contribution >= 0.6 is 0 Å². The molecule has 1 fully saturated rings. The molecule has 1 N–H and O–H groups in total. The van der Waals surface area contributed by atoms with Crippen molar-refractivity contribution in [1.29, 1.82) is 0 Å². The summed E-state index contributed by atoms with van der Waals surface area (Å²) in [5.41, 5.74) is 0. The molecule has 88 valence electrons. The van der Waals surface area contributed by atoms with Crippen LogP contribution in [0, 0.1) is 5.92 Å². The molecular formula is C11H22N2O2. The highest BCUT2D eigenvalue weighted by Crippen LogP contribution is 2.22. The summed E-state index contributed by atoms with van der Waals surface area (Å²) in [5.74, 6) is 0.490. The maximum Gasteiger partial charge on any atom is 0.317 e. The summed E-state index contributed by atoms with van der Waals surface area (Å²) in [6.45, 7) is 6.41. The molecule has 15 heavy (non-hydrogen) atoms. The molecule has 0 saturated carbocycles. The van der Waals surface area contributed by atoms with Crippen LogP contribution in [0.5, 0.6) is 0 Å². The summed E-state index contributed by atoms with van der Waals surface area (Å²) >= 11 is 0. The molecule has 0 aromatic heterocycles. The Kier molecular flexibility index (Phi) is 4.88. The van der Waals surface area contributed by atoms with Gasteiger partial charge in [0.15, 0.2) is 0 Å². The number of hydrogen-bond donors (Lipinski definition) is 1. The Bertz CT molecular complexity index is 209. The largest absolute Gasteiger partial charge is 0.378 e. The Hall–Kier alpha value is -0.770. The van der Waals surface area contributed by atoms with Crippen LogP contribution in [0.1, 0.15) is 26.7 Å². The molecule has 0 aromatic rings. The van der Waals surface area contributed by atoms with Crippen LogP contribution in [0.2, 0.25) is 0 Å². The van der Waals surface area contributed by atoms with Gasteiger partial charge in [-0.05, 0) is 19.8 Å². The van der Waals surface area contributed by atoms with Crippen molar-refractivity contribution in [3.05, 3.63) is 0 Å². The molecule has 0 aliphatic carbocycles. The standard InChI is InChI=1S/C11H22N2O2/c1-4-10-9(6-7-15-10)8-12-11(14)13(3)5-2/h9-10H,4-8H2,1-3H3,(H,12,14). The highest BCUT2D eigenvalue weighted by Gasteiger charge is 2.26. The van der Waals surface area contributed by atoms with Crippen LogP contribution in [0.4, 0.5) is 4.79 Å². The van der Waals surface area contributed by atoms with E-state index in [9.17, 15) is 4.79 Å². The van der Waals surface area contributed by atoms with Crippen molar-refractivity contribution in [1.82, 2.24) is 10.2 Å². The van der Waals surface area contributed by atoms with Crippen LogP contribution in [-0.2, 0) is 4.74 Å². The number of ether oxygens (including phenoxy) is 1. The molecule has 1 aliphatic rings. The molecule has 0 radical (unpaired) electrons. The average Bonchev–Trinajstić information content (AvgIpc) is 2.71. The van der Waals surface area contributed by atoms with E-state index in [0.29, 0.717) is 12.0 Å². The quantitative estimate of drug-likeness (QED) is 0.770. The fourth-order valence-electron chi connectivity index (χ4n) is 1.87.